The van der Waals surface area contributed by atoms with Crippen molar-refractivity contribution in [3.63, 3.8) is 0 Å². The first kappa shape index (κ1) is 13.3. The first-order valence-electron chi connectivity index (χ1n) is 5.37. The minimum absolute atomic E-state index is 0.122. The molecule has 0 aliphatic rings. The van der Waals surface area contributed by atoms with Crippen LogP contribution in [0, 0.1) is 12.7 Å². The molecule has 102 valence electrons. The number of hydrogen-bond donors (Lipinski definition) is 2. The number of nitrogens with two attached hydrogens (primary N) is 1. The molecule has 0 spiro atoms. The van der Waals surface area contributed by atoms with Crippen LogP contribution in [0.15, 0.2) is 29.3 Å². The van der Waals surface area contributed by atoms with Crippen molar-refractivity contribution in [2.45, 2.75) is 11.8 Å². The summed E-state index contributed by atoms with van der Waals surface area (Å²) in [6.45, 7) is 1.73. The molecule has 0 radical (unpaired) electrons. The Morgan fingerprint density at radius 2 is 2.11 bits per heavy atom. The molecular weight excluding hydrogens is 271 g/mol. The van der Waals surface area contributed by atoms with E-state index in [4.69, 9.17) is 5.73 Å². The number of halogens is 1. The van der Waals surface area contributed by atoms with Gasteiger partial charge in [-0.15, -0.1) is 0 Å². The second-order valence-electron chi connectivity index (χ2n) is 4.14. The number of hydrogen-bond acceptors (Lipinski definition) is 4. The van der Waals surface area contributed by atoms with Crippen LogP contribution >= 0.6 is 0 Å². The normalized spacial score (nSPS) is 11.5. The van der Waals surface area contributed by atoms with Gasteiger partial charge in [0.05, 0.1) is 5.69 Å². The highest BCUT2D eigenvalue weighted by molar-refractivity contribution is 7.92. The van der Waals surface area contributed by atoms with Gasteiger partial charge in [0, 0.05) is 13.2 Å². The van der Waals surface area contributed by atoms with E-state index in [2.05, 4.69) is 9.82 Å². The number of sulfonamides is 1. The van der Waals surface area contributed by atoms with E-state index < -0.39 is 15.8 Å². The van der Waals surface area contributed by atoms with Crippen LogP contribution in [-0.2, 0) is 17.1 Å². The van der Waals surface area contributed by atoms with Crippen LogP contribution in [0.5, 0.6) is 0 Å². The standard InChI is InChI=1S/C11H13FN4O2S/c1-7-3-4-8(12)9(5-7)15-19(17,18)10-6-16(2)14-11(10)13/h3-6,15H,1-2H3,(H2,13,14). The molecule has 0 saturated carbocycles. The molecule has 0 amide bonds. The Morgan fingerprint density at radius 3 is 2.68 bits per heavy atom. The van der Waals surface area contributed by atoms with Gasteiger partial charge in [0.15, 0.2) is 5.82 Å². The van der Waals surface area contributed by atoms with Gasteiger partial charge in [0.2, 0.25) is 0 Å². The number of aryl methyl sites for hydroxylation is 2. The van der Waals surface area contributed by atoms with Gasteiger partial charge in [0.25, 0.3) is 10.0 Å². The maximum Gasteiger partial charge on any atom is 0.267 e. The lowest BCUT2D eigenvalue weighted by Crippen LogP contribution is -2.15. The number of benzene rings is 1. The fourth-order valence-electron chi connectivity index (χ4n) is 1.61. The molecule has 0 fully saturated rings. The molecule has 19 heavy (non-hydrogen) atoms. The smallest absolute Gasteiger partial charge is 0.267 e. The molecule has 0 aliphatic heterocycles. The van der Waals surface area contributed by atoms with E-state index in [0.29, 0.717) is 0 Å². The molecule has 1 aromatic carbocycles. The summed E-state index contributed by atoms with van der Waals surface area (Å²) in [6.07, 6.45) is 1.26. The Morgan fingerprint density at radius 1 is 1.42 bits per heavy atom. The van der Waals surface area contributed by atoms with Crippen molar-refractivity contribution in [1.29, 1.82) is 0 Å². The lowest BCUT2D eigenvalue weighted by molar-refractivity contribution is 0.598. The lowest BCUT2D eigenvalue weighted by Gasteiger charge is -2.08. The van der Waals surface area contributed by atoms with Gasteiger partial charge in [-0.05, 0) is 24.6 Å². The van der Waals surface area contributed by atoms with Gasteiger partial charge in [-0.2, -0.15) is 5.10 Å². The first-order chi connectivity index (χ1) is 8.79. The zero-order valence-corrected chi connectivity index (χ0v) is 11.2. The average molecular weight is 284 g/mol. The summed E-state index contributed by atoms with van der Waals surface area (Å²) >= 11 is 0. The van der Waals surface area contributed by atoms with Crippen molar-refractivity contribution in [2.75, 3.05) is 10.5 Å². The van der Waals surface area contributed by atoms with Crippen LogP contribution in [0.3, 0.4) is 0 Å². The van der Waals surface area contributed by atoms with E-state index in [1.165, 1.54) is 23.0 Å². The fourth-order valence-corrected chi connectivity index (χ4v) is 2.77. The number of aromatic nitrogens is 2. The number of nitrogens with one attached hydrogen (secondary N) is 1. The SMILES string of the molecule is Cc1ccc(F)c(NS(=O)(=O)c2cn(C)nc2N)c1. The predicted octanol–water partition coefficient (Wildman–Crippen LogP) is 1.25. The summed E-state index contributed by atoms with van der Waals surface area (Å²) in [4.78, 5) is -0.184. The molecule has 6 nitrogen and oxygen atoms in total. The van der Waals surface area contributed by atoms with E-state index in [-0.39, 0.29) is 16.4 Å². The zero-order valence-electron chi connectivity index (χ0n) is 10.4. The highest BCUT2D eigenvalue weighted by atomic mass is 32.2. The van der Waals surface area contributed by atoms with Gasteiger partial charge in [-0.1, -0.05) is 6.07 Å². The molecule has 3 N–H and O–H groups in total. The van der Waals surface area contributed by atoms with Gasteiger partial charge in [-0.3, -0.25) is 9.40 Å². The van der Waals surface area contributed by atoms with Gasteiger partial charge in [0.1, 0.15) is 10.7 Å². The lowest BCUT2D eigenvalue weighted by atomic mass is 10.2. The Hall–Kier alpha value is -2.09. The van der Waals surface area contributed by atoms with Crippen LogP contribution in [0.4, 0.5) is 15.9 Å². The average Bonchev–Trinajstić information content (AvgIpc) is 2.63. The minimum Gasteiger partial charge on any atom is -0.381 e. The summed E-state index contributed by atoms with van der Waals surface area (Å²) in [5, 5.41) is 3.74. The molecule has 0 aliphatic carbocycles. The summed E-state index contributed by atoms with van der Waals surface area (Å²) in [5.41, 5.74) is 6.12. The van der Waals surface area contributed by atoms with Gasteiger partial charge >= 0.3 is 0 Å². The number of anilines is 2. The van der Waals surface area contributed by atoms with Crippen molar-refractivity contribution >= 4 is 21.5 Å². The third-order valence-electron chi connectivity index (χ3n) is 2.48. The summed E-state index contributed by atoms with van der Waals surface area (Å²) in [6, 6.07) is 4.14. The summed E-state index contributed by atoms with van der Waals surface area (Å²) < 4.78 is 41.2. The molecule has 8 heteroatoms. The fraction of sp³-hybridized carbons (Fsp3) is 0.182. The topological polar surface area (TPSA) is 90.0 Å². The van der Waals surface area contributed by atoms with Crippen molar-refractivity contribution < 1.29 is 12.8 Å². The van der Waals surface area contributed by atoms with Gasteiger partial charge in [-0.25, -0.2) is 12.8 Å². The third-order valence-corrected chi connectivity index (χ3v) is 3.86. The van der Waals surface area contributed by atoms with Crippen LogP contribution < -0.4 is 10.5 Å². The third kappa shape index (κ3) is 2.68. The van der Waals surface area contributed by atoms with Crippen LogP contribution in [0.2, 0.25) is 0 Å². The zero-order chi connectivity index (χ0) is 14.2. The Kier molecular flexibility index (Phi) is 3.19. The Labute approximate surface area is 110 Å². The second kappa shape index (κ2) is 4.54. The van der Waals surface area contributed by atoms with E-state index in [0.717, 1.165) is 5.56 Å². The van der Waals surface area contributed by atoms with E-state index in [1.807, 2.05) is 0 Å². The van der Waals surface area contributed by atoms with Crippen molar-refractivity contribution in [3.8, 4) is 0 Å². The molecular formula is C11H13FN4O2S. The van der Waals surface area contributed by atoms with E-state index in [9.17, 15) is 12.8 Å². The molecule has 1 heterocycles. The van der Waals surface area contributed by atoms with Crippen LogP contribution in [0.1, 0.15) is 5.56 Å². The molecule has 0 saturated heterocycles. The number of nitrogen functional groups attached to an aromatic ring is 1. The van der Waals surface area contributed by atoms with E-state index >= 15 is 0 Å². The van der Waals surface area contributed by atoms with E-state index in [1.54, 1.807) is 20.0 Å². The van der Waals surface area contributed by atoms with Crippen LogP contribution in [0.25, 0.3) is 0 Å². The molecule has 1 aromatic heterocycles. The maximum absolute atomic E-state index is 13.5. The maximum atomic E-state index is 13.5. The van der Waals surface area contributed by atoms with Gasteiger partial charge < -0.3 is 5.73 Å². The second-order valence-corrected chi connectivity index (χ2v) is 5.79. The number of nitrogens with zero attached hydrogens (tertiary/aromatic N) is 2. The van der Waals surface area contributed by atoms with Crippen molar-refractivity contribution in [3.05, 3.63) is 35.8 Å². The Bertz CT molecular complexity index is 724. The predicted molar refractivity (Wildman–Crippen MR) is 69.6 cm³/mol. The molecule has 2 rings (SSSR count). The Balaban J connectivity index is 2.42. The quantitative estimate of drug-likeness (QED) is 0.887. The summed E-state index contributed by atoms with van der Waals surface area (Å²) in [5.74, 6) is -0.792. The van der Waals surface area contributed by atoms with Crippen molar-refractivity contribution in [2.24, 2.45) is 7.05 Å². The number of rotatable bonds is 3. The monoisotopic (exact) mass is 284 g/mol. The first-order valence-corrected chi connectivity index (χ1v) is 6.86. The molecule has 0 unspecified atom stereocenters. The minimum atomic E-state index is -3.96. The highest BCUT2D eigenvalue weighted by Crippen LogP contribution is 2.22. The highest BCUT2D eigenvalue weighted by Gasteiger charge is 2.22. The molecule has 2 aromatic rings. The van der Waals surface area contributed by atoms with Crippen LogP contribution in [-0.4, -0.2) is 18.2 Å². The van der Waals surface area contributed by atoms with Crippen molar-refractivity contribution in [1.82, 2.24) is 9.78 Å². The largest absolute Gasteiger partial charge is 0.381 e. The molecule has 0 atom stereocenters. The summed E-state index contributed by atoms with van der Waals surface area (Å²) in [7, 11) is -2.42. The molecule has 0 bridgehead atoms.